The smallest absolute Gasteiger partial charge is 0.169 e. The number of aromatic amines is 1. The van der Waals surface area contributed by atoms with E-state index in [4.69, 9.17) is 4.74 Å². The van der Waals surface area contributed by atoms with Crippen LogP contribution < -0.4 is 4.74 Å². The molecular formula is C16H14N2O2. The van der Waals surface area contributed by atoms with Crippen LogP contribution in [0.4, 0.5) is 0 Å². The van der Waals surface area contributed by atoms with Gasteiger partial charge in [-0.15, -0.1) is 0 Å². The predicted octanol–water partition coefficient (Wildman–Crippen LogP) is 3.00. The van der Waals surface area contributed by atoms with E-state index < -0.39 is 0 Å². The second-order valence-corrected chi connectivity index (χ2v) is 4.55. The van der Waals surface area contributed by atoms with Crippen LogP contribution in [0.15, 0.2) is 48.8 Å². The largest absolute Gasteiger partial charge is 0.497 e. The Balaban J connectivity index is 1.85. The maximum atomic E-state index is 12.4. The minimum atomic E-state index is 0.0782. The molecule has 0 unspecified atom stereocenters. The van der Waals surface area contributed by atoms with E-state index in [9.17, 15) is 4.79 Å². The van der Waals surface area contributed by atoms with Crippen LogP contribution >= 0.6 is 0 Å². The fourth-order valence-electron chi connectivity index (χ4n) is 2.21. The fraction of sp³-hybridized carbons (Fsp3) is 0.125. The van der Waals surface area contributed by atoms with Gasteiger partial charge < -0.3 is 9.72 Å². The summed E-state index contributed by atoms with van der Waals surface area (Å²) in [6, 6.07) is 11.3. The normalized spacial score (nSPS) is 10.7. The third-order valence-electron chi connectivity index (χ3n) is 3.28. The maximum Gasteiger partial charge on any atom is 0.169 e. The van der Waals surface area contributed by atoms with Gasteiger partial charge in [-0.25, -0.2) is 4.98 Å². The first-order valence-corrected chi connectivity index (χ1v) is 6.36. The number of hydrogen-bond acceptors (Lipinski definition) is 3. The molecule has 1 aromatic carbocycles. The van der Waals surface area contributed by atoms with E-state index in [2.05, 4.69) is 9.97 Å². The number of ketones is 1. The third-order valence-corrected chi connectivity index (χ3v) is 3.28. The summed E-state index contributed by atoms with van der Waals surface area (Å²) in [4.78, 5) is 19.6. The highest BCUT2D eigenvalue weighted by atomic mass is 16.5. The second kappa shape index (κ2) is 5.17. The third kappa shape index (κ3) is 2.28. The standard InChI is InChI=1S/C16H14N2O2/c1-20-12-6-4-11(5-7-12)9-15(19)14-10-18-16-13(14)3-2-8-17-16/h2-8,10H,9H2,1H3,(H,17,18). The molecule has 100 valence electrons. The summed E-state index contributed by atoms with van der Waals surface area (Å²) in [5.74, 6) is 0.868. The molecular weight excluding hydrogens is 252 g/mol. The summed E-state index contributed by atoms with van der Waals surface area (Å²) in [6.45, 7) is 0. The zero-order chi connectivity index (χ0) is 13.9. The molecule has 4 nitrogen and oxygen atoms in total. The van der Waals surface area contributed by atoms with Crippen LogP contribution in [0.25, 0.3) is 11.0 Å². The van der Waals surface area contributed by atoms with Gasteiger partial charge >= 0.3 is 0 Å². The van der Waals surface area contributed by atoms with E-state index in [0.29, 0.717) is 12.0 Å². The van der Waals surface area contributed by atoms with Crippen molar-refractivity contribution in [1.29, 1.82) is 0 Å². The Bertz CT molecular complexity index is 745. The van der Waals surface area contributed by atoms with Gasteiger partial charge in [0.15, 0.2) is 5.78 Å². The number of aromatic nitrogens is 2. The van der Waals surface area contributed by atoms with Crippen LogP contribution in [-0.4, -0.2) is 22.9 Å². The van der Waals surface area contributed by atoms with Crippen molar-refractivity contribution in [3.05, 3.63) is 59.9 Å². The number of hydrogen-bond donors (Lipinski definition) is 1. The number of nitrogens with one attached hydrogen (secondary N) is 1. The van der Waals surface area contributed by atoms with Crippen molar-refractivity contribution in [2.45, 2.75) is 6.42 Å². The fourth-order valence-corrected chi connectivity index (χ4v) is 2.21. The van der Waals surface area contributed by atoms with E-state index >= 15 is 0 Å². The first-order valence-electron chi connectivity index (χ1n) is 6.36. The number of carbonyl (C=O) groups is 1. The molecule has 1 N–H and O–H groups in total. The Morgan fingerprint density at radius 1 is 1.25 bits per heavy atom. The van der Waals surface area contributed by atoms with E-state index in [-0.39, 0.29) is 5.78 Å². The summed E-state index contributed by atoms with van der Waals surface area (Å²) in [5.41, 5.74) is 2.39. The van der Waals surface area contributed by atoms with Crippen LogP contribution in [0, 0.1) is 0 Å². The summed E-state index contributed by atoms with van der Waals surface area (Å²) in [7, 11) is 1.62. The van der Waals surface area contributed by atoms with Gasteiger partial charge in [-0.3, -0.25) is 4.79 Å². The lowest BCUT2D eigenvalue weighted by molar-refractivity contribution is 0.0994. The molecule has 0 aliphatic rings. The highest BCUT2D eigenvalue weighted by molar-refractivity contribution is 6.07. The number of nitrogens with zero attached hydrogens (tertiary/aromatic N) is 1. The summed E-state index contributed by atoms with van der Waals surface area (Å²) < 4.78 is 5.11. The molecule has 0 aliphatic carbocycles. The molecule has 3 rings (SSSR count). The summed E-state index contributed by atoms with van der Waals surface area (Å²) in [6.07, 6.45) is 3.80. The summed E-state index contributed by atoms with van der Waals surface area (Å²) >= 11 is 0. The van der Waals surface area contributed by atoms with Gasteiger partial charge in [0.25, 0.3) is 0 Å². The number of carbonyl (C=O) groups excluding carboxylic acids is 1. The van der Waals surface area contributed by atoms with Crippen molar-refractivity contribution < 1.29 is 9.53 Å². The SMILES string of the molecule is COc1ccc(CC(=O)c2c[nH]c3ncccc23)cc1. The molecule has 0 radical (unpaired) electrons. The Hall–Kier alpha value is -2.62. The van der Waals surface area contributed by atoms with E-state index in [1.807, 2.05) is 36.4 Å². The molecule has 0 amide bonds. The minimum absolute atomic E-state index is 0.0782. The van der Waals surface area contributed by atoms with Crippen molar-refractivity contribution in [3.63, 3.8) is 0 Å². The maximum absolute atomic E-state index is 12.4. The molecule has 3 aromatic rings. The first kappa shape index (κ1) is 12.4. The van der Waals surface area contributed by atoms with E-state index in [1.165, 1.54) is 0 Å². The molecule has 2 aromatic heterocycles. The van der Waals surface area contributed by atoms with Crippen molar-refractivity contribution >= 4 is 16.8 Å². The van der Waals surface area contributed by atoms with Crippen LogP contribution in [0.3, 0.4) is 0 Å². The molecule has 0 saturated heterocycles. The highest BCUT2D eigenvalue weighted by Gasteiger charge is 2.12. The molecule has 4 heteroatoms. The van der Waals surface area contributed by atoms with Crippen LogP contribution in [0.5, 0.6) is 5.75 Å². The molecule has 0 fully saturated rings. The van der Waals surface area contributed by atoms with Gasteiger partial charge in [0.05, 0.1) is 7.11 Å². The number of H-pyrrole nitrogens is 1. The van der Waals surface area contributed by atoms with Gasteiger partial charge in [-0.2, -0.15) is 0 Å². The number of rotatable bonds is 4. The minimum Gasteiger partial charge on any atom is -0.497 e. The Kier molecular flexibility index (Phi) is 3.21. The average Bonchev–Trinajstić information content (AvgIpc) is 2.92. The molecule has 20 heavy (non-hydrogen) atoms. The van der Waals surface area contributed by atoms with Crippen molar-refractivity contribution in [2.75, 3.05) is 7.11 Å². The van der Waals surface area contributed by atoms with E-state index in [1.54, 1.807) is 19.5 Å². The zero-order valence-corrected chi connectivity index (χ0v) is 11.1. The number of benzene rings is 1. The van der Waals surface area contributed by atoms with Crippen LogP contribution in [-0.2, 0) is 6.42 Å². The molecule has 0 aliphatic heterocycles. The van der Waals surface area contributed by atoms with Crippen molar-refractivity contribution in [3.8, 4) is 5.75 Å². The topological polar surface area (TPSA) is 55.0 Å². The predicted molar refractivity (Wildman–Crippen MR) is 77.1 cm³/mol. The van der Waals surface area contributed by atoms with Gasteiger partial charge in [-0.05, 0) is 29.8 Å². The Morgan fingerprint density at radius 2 is 2.05 bits per heavy atom. The van der Waals surface area contributed by atoms with Crippen molar-refractivity contribution in [1.82, 2.24) is 9.97 Å². The second-order valence-electron chi connectivity index (χ2n) is 4.55. The van der Waals surface area contributed by atoms with Gasteiger partial charge in [0.1, 0.15) is 11.4 Å². The molecule has 0 atom stereocenters. The van der Waals surface area contributed by atoms with E-state index in [0.717, 1.165) is 22.3 Å². The lowest BCUT2D eigenvalue weighted by Crippen LogP contribution is -2.02. The Labute approximate surface area is 116 Å². The molecule has 0 bridgehead atoms. The average molecular weight is 266 g/mol. The number of methoxy groups -OCH3 is 1. The lowest BCUT2D eigenvalue weighted by atomic mass is 10.0. The molecule has 0 saturated carbocycles. The van der Waals surface area contributed by atoms with Gasteiger partial charge in [-0.1, -0.05) is 12.1 Å². The monoisotopic (exact) mass is 266 g/mol. The Morgan fingerprint density at radius 3 is 2.80 bits per heavy atom. The number of fused-ring (bicyclic) bond motifs is 1. The number of Topliss-reactive ketones (excluding diaryl/α,β-unsaturated/α-hetero) is 1. The molecule has 0 spiro atoms. The number of ether oxygens (including phenoxy) is 1. The highest BCUT2D eigenvalue weighted by Crippen LogP contribution is 2.19. The zero-order valence-electron chi connectivity index (χ0n) is 11.1. The summed E-state index contributed by atoms with van der Waals surface area (Å²) in [5, 5.41) is 0.867. The lowest BCUT2D eigenvalue weighted by Gasteiger charge is -2.02. The van der Waals surface area contributed by atoms with Gasteiger partial charge in [0, 0.05) is 29.8 Å². The first-order chi connectivity index (χ1) is 9.78. The van der Waals surface area contributed by atoms with Crippen LogP contribution in [0.2, 0.25) is 0 Å². The number of pyridine rings is 1. The van der Waals surface area contributed by atoms with Gasteiger partial charge in [0.2, 0.25) is 0 Å². The molecule has 2 heterocycles. The van der Waals surface area contributed by atoms with Crippen LogP contribution in [0.1, 0.15) is 15.9 Å². The quantitative estimate of drug-likeness (QED) is 0.738. The van der Waals surface area contributed by atoms with Crippen molar-refractivity contribution in [2.24, 2.45) is 0 Å².